The number of nitrogens with zero attached hydrogens (tertiary/aromatic N) is 1. The summed E-state index contributed by atoms with van der Waals surface area (Å²) in [6.45, 7) is 7.68. The number of aromatic nitrogens is 1. The zero-order valence-corrected chi connectivity index (χ0v) is 15.0. The van der Waals surface area contributed by atoms with E-state index in [1.807, 2.05) is 27.7 Å². The molecule has 1 saturated carbocycles. The van der Waals surface area contributed by atoms with Crippen LogP contribution in [0.15, 0.2) is 5.51 Å². The Labute approximate surface area is 141 Å². The third kappa shape index (κ3) is 4.92. The summed E-state index contributed by atoms with van der Waals surface area (Å²) in [7, 11) is 0. The van der Waals surface area contributed by atoms with Gasteiger partial charge in [-0.3, -0.25) is 4.79 Å². The van der Waals surface area contributed by atoms with Gasteiger partial charge in [-0.05, 0) is 40.5 Å². The minimum atomic E-state index is -0.532. The number of carbonyl (C=O) groups excluding carboxylic acids is 2. The van der Waals surface area contributed by atoms with Gasteiger partial charge in [0.05, 0.1) is 16.7 Å². The van der Waals surface area contributed by atoms with Crippen LogP contribution in [0.3, 0.4) is 0 Å². The van der Waals surface area contributed by atoms with Crippen molar-refractivity contribution in [3.8, 4) is 0 Å². The number of aryl methyl sites for hydroxylation is 1. The van der Waals surface area contributed by atoms with Crippen LogP contribution < -0.4 is 10.6 Å². The summed E-state index contributed by atoms with van der Waals surface area (Å²) in [6, 6.07) is 0. The zero-order valence-electron chi connectivity index (χ0n) is 14.2. The molecule has 0 bridgehead atoms. The van der Waals surface area contributed by atoms with Crippen LogP contribution in [0.4, 0.5) is 4.79 Å². The van der Waals surface area contributed by atoms with Gasteiger partial charge in [0.15, 0.2) is 0 Å². The van der Waals surface area contributed by atoms with Crippen LogP contribution in [-0.2, 0) is 4.74 Å². The molecule has 23 heavy (non-hydrogen) atoms. The fraction of sp³-hybridized carbons (Fsp3) is 0.688. The smallest absolute Gasteiger partial charge is 0.407 e. The average molecular weight is 339 g/mol. The number of hydrogen-bond donors (Lipinski definition) is 2. The predicted octanol–water partition coefficient (Wildman–Crippen LogP) is 3.02. The molecule has 1 fully saturated rings. The van der Waals surface area contributed by atoms with E-state index >= 15 is 0 Å². The van der Waals surface area contributed by atoms with E-state index < -0.39 is 17.2 Å². The third-order valence-electron chi connectivity index (χ3n) is 3.86. The normalized spacial score (nSPS) is 16.9. The summed E-state index contributed by atoms with van der Waals surface area (Å²) in [5.41, 5.74) is 1.48. The minimum Gasteiger partial charge on any atom is -0.444 e. The topological polar surface area (TPSA) is 80.3 Å². The van der Waals surface area contributed by atoms with Gasteiger partial charge in [0.1, 0.15) is 10.5 Å². The Balaban J connectivity index is 1.98. The van der Waals surface area contributed by atoms with Crippen molar-refractivity contribution in [2.75, 3.05) is 6.54 Å². The van der Waals surface area contributed by atoms with Crippen molar-refractivity contribution >= 4 is 23.3 Å². The van der Waals surface area contributed by atoms with E-state index in [1.54, 1.807) is 5.51 Å². The molecule has 6 nitrogen and oxygen atoms in total. The molecular formula is C16H25N3O3S. The van der Waals surface area contributed by atoms with Crippen LogP contribution in [-0.4, -0.2) is 34.7 Å². The Morgan fingerprint density at radius 2 is 2.00 bits per heavy atom. The van der Waals surface area contributed by atoms with Gasteiger partial charge >= 0.3 is 6.09 Å². The van der Waals surface area contributed by atoms with Gasteiger partial charge < -0.3 is 15.4 Å². The molecule has 2 N–H and O–H groups in total. The molecule has 128 valence electrons. The van der Waals surface area contributed by atoms with E-state index in [4.69, 9.17) is 4.74 Å². The summed E-state index contributed by atoms with van der Waals surface area (Å²) in [5.74, 6) is -0.113. The second-order valence-electron chi connectivity index (χ2n) is 7.06. The third-order valence-corrected chi connectivity index (χ3v) is 4.79. The number of hydrogen-bond acceptors (Lipinski definition) is 5. The van der Waals surface area contributed by atoms with Crippen LogP contribution >= 0.6 is 11.3 Å². The van der Waals surface area contributed by atoms with E-state index in [1.165, 1.54) is 11.3 Å². The number of alkyl carbamates (subject to hydrolysis) is 1. The van der Waals surface area contributed by atoms with Crippen LogP contribution in [0.1, 0.15) is 61.8 Å². The van der Waals surface area contributed by atoms with E-state index in [0.717, 1.165) is 31.4 Å². The first-order valence-electron chi connectivity index (χ1n) is 7.90. The van der Waals surface area contributed by atoms with Crippen LogP contribution in [0, 0.1) is 6.92 Å². The van der Waals surface area contributed by atoms with E-state index in [9.17, 15) is 9.59 Å². The number of rotatable bonds is 4. The molecule has 0 atom stereocenters. The fourth-order valence-electron chi connectivity index (χ4n) is 2.77. The number of thiazole rings is 1. The van der Waals surface area contributed by atoms with E-state index in [0.29, 0.717) is 11.4 Å². The highest BCUT2D eigenvalue weighted by Crippen LogP contribution is 2.30. The van der Waals surface area contributed by atoms with Gasteiger partial charge in [0.2, 0.25) is 0 Å². The van der Waals surface area contributed by atoms with Crippen molar-refractivity contribution in [3.63, 3.8) is 0 Å². The molecule has 2 amide bonds. The predicted molar refractivity (Wildman–Crippen MR) is 89.8 cm³/mol. The summed E-state index contributed by atoms with van der Waals surface area (Å²) in [5, 5.41) is 5.91. The summed E-state index contributed by atoms with van der Waals surface area (Å²) in [4.78, 5) is 29.1. The second kappa shape index (κ2) is 6.86. The molecular weight excluding hydrogens is 314 g/mol. The van der Waals surface area contributed by atoms with Crippen LogP contribution in [0.25, 0.3) is 0 Å². The Hall–Kier alpha value is -1.63. The largest absolute Gasteiger partial charge is 0.444 e. The number of carbonyl (C=O) groups is 2. The molecule has 0 saturated heterocycles. The van der Waals surface area contributed by atoms with Gasteiger partial charge in [0, 0.05) is 6.54 Å². The maximum absolute atomic E-state index is 12.5. The quantitative estimate of drug-likeness (QED) is 0.883. The highest BCUT2D eigenvalue weighted by atomic mass is 32.1. The molecule has 1 aliphatic rings. The minimum absolute atomic E-state index is 0.113. The highest BCUT2D eigenvalue weighted by molar-refractivity contribution is 7.11. The fourth-order valence-corrected chi connectivity index (χ4v) is 3.47. The van der Waals surface area contributed by atoms with Crippen LogP contribution in [0.5, 0.6) is 0 Å². The molecule has 0 radical (unpaired) electrons. The lowest BCUT2D eigenvalue weighted by Gasteiger charge is -2.31. The second-order valence-corrected chi connectivity index (χ2v) is 7.92. The lowest BCUT2D eigenvalue weighted by Crippen LogP contribution is -2.54. The molecule has 1 heterocycles. The van der Waals surface area contributed by atoms with Crippen molar-refractivity contribution in [3.05, 3.63) is 16.1 Å². The molecule has 1 aromatic heterocycles. The molecule has 0 spiro atoms. The maximum Gasteiger partial charge on any atom is 0.407 e. The zero-order chi connectivity index (χ0) is 17.1. The van der Waals surface area contributed by atoms with Gasteiger partial charge in [0.25, 0.3) is 5.91 Å². The monoisotopic (exact) mass is 339 g/mol. The van der Waals surface area contributed by atoms with E-state index in [-0.39, 0.29) is 5.91 Å². The lowest BCUT2D eigenvalue weighted by molar-refractivity contribution is 0.0505. The SMILES string of the molecule is Cc1ncsc1C(=O)NC1(CNC(=O)OC(C)(C)C)CCCC1. The first-order chi connectivity index (χ1) is 10.7. The maximum atomic E-state index is 12.5. The van der Waals surface area contributed by atoms with Gasteiger partial charge in [-0.2, -0.15) is 0 Å². The number of amides is 2. The molecule has 0 unspecified atom stereocenters. The van der Waals surface area contributed by atoms with Gasteiger partial charge in [-0.15, -0.1) is 11.3 Å². The Morgan fingerprint density at radius 1 is 1.35 bits per heavy atom. The molecule has 0 aliphatic heterocycles. The van der Waals surface area contributed by atoms with E-state index in [2.05, 4.69) is 15.6 Å². The summed E-state index contributed by atoms with van der Waals surface area (Å²) >= 11 is 1.34. The van der Waals surface area contributed by atoms with Gasteiger partial charge in [-0.1, -0.05) is 12.8 Å². The van der Waals surface area contributed by atoms with Crippen molar-refractivity contribution < 1.29 is 14.3 Å². The highest BCUT2D eigenvalue weighted by Gasteiger charge is 2.36. The summed E-state index contributed by atoms with van der Waals surface area (Å²) < 4.78 is 5.27. The van der Waals surface area contributed by atoms with Crippen molar-refractivity contribution in [2.45, 2.75) is 64.5 Å². The first-order valence-corrected chi connectivity index (χ1v) is 8.78. The number of ether oxygens (including phenoxy) is 1. The Morgan fingerprint density at radius 3 is 2.52 bits per heavy atom. The molecule has 0 aromatic carbocycles. The first kappa shape index (κ1) is 17.7. The van der Waals surface area contributed by atoms with Gasteiger partial charge in [-0.25, -0.2) is 9.78 Å². The summed E-state index contributed by atoms with van der Waals surface area (Å²) in [6.07, 6.45) is 3.33. The number of nitrogens with one attached hydrogen (secondary N) is 2. The van der Waals surface area contributed by atoms with Crippen molar-refractivity contribution in [2.24, 2.45) is 0 Å². The molecule has 7 heteroatoms. The lowest BCUT2D eigenvalue weighted by atomic mass is 9.97. The average Bonchev–Trinajstić information content (AvgIpc) is 3.04. The standard InChI is InChI=1S/C16H25N3O3S/c1-11-12(23-10-18-11)13(20)19-16(7-5-6-8-16)9-17-14(21)22-15(2,3)4/h10H,5-9H2,1-4H3,(H,17,21)(H,19,20). The van der Waals surface area contributed by atoms with Crippen molar-refractivity contribution in [1.82, 2.24) is 15.6 Å². The Kier molecular flexibility index (Phi) is 5.29. The molecule has 2 rings (SSSR count). The Bertz CT molecular complexity index is 571. The van der Waals surface area contributed by atoms with Crippen LogP contribution in [0.2, 0.25) is 0 Å². The molecule has 1 aromatic rings. The van der Waals surface area contributed by atoms with Crippen molar-refractivity contribution in [1.29, 1.82) is 0 Å². The molecule has 1 aliphatic carbocycles.